The Morgan fingerprint density at radius 1 is 1.40 bits per heavy atom. The lowest BCUT2D eigenvalue weighted by Gasteiger charge is -2.27. The smallest absolute Gasteiger partial charge is 0.129 e. The number of nitrogens with zero attached hydrogens (tertiary/aromatic N) is 3. The number of rotatable bonds is 2. The van der Waals surface area contributed by atoms with E-state index in [0.29, 0.717) is 5.69 Å². The molecule has 0 saturated carbocycles. The zero-order valence-corrected chi connectivity index (χ0v) is 8.33. The topological polar surface area (TPSA) is 58.0 Å². The lowest BCUT2D eigenvalue weighted by atomic mass is 10.3. The summed E-state index contributed by atoms with van der Waals surface area (Å²) in [6.07, 6.45) is 1.32. The SMILES string of the molecule is O/N=C/c1cccc(N2CCOCC2)n1. The Labute approximate surface area is 88.0 Å². The van der Waals surface area contributed by atoms with Crippen LogP contribution in [0.15, 0.2) is 23.4 Å². The predicted molar refractivity (Wildman–Crippen MR) is 56.6 cm³/mol. The molecule has 0 bridgehead atoms. The first-order chi connectivity index (χ1) is 7.40. The molecule has 0 radical (unpaired) electrons. The zero-order chi connectivity index (χ0) is 10.5. The number of oxime groups is 1. The largest absolute Gasteiger partial charge is 0.411 e. The molecular weight excluding hydrogens is 194 g/mol. The minimum Gasteiger partial charge on any atom is -0.411 e. The molecule has 0 spiro atoms. The van der Waals surface area contributed by atoms with E-state index in [1.165, 1.54) is 6.21 Å². The standard InChI is InChI=1S/C10H13N3O2/c14-11-8-9-2-1-3-10(12-9)13-4-6-15-7-5-13/h1-3,8,14H,4-7H2/b11-8+. The van der Waals surface area contributed by atoms with Gasteiger partial charge in [0.25, 0.3) is 0 Å². The van der Waals surface area contributed by atoms with Crippen LogP contribution in [-0.4, -0.2) is 42.7 Å². The van der Waals surface area contributed by atoms with E-state index in [1.807, 2.05) is 12.1 Å². The Bertz CT molecular complexity index is 348. The van der Waals surface area contributed by atoms with Gasteiger partial charge in [0.15, 0.2) is 0 Å². The number of ether oxygens (including phenoxy) is 1. The molecule has 1 aromatic heterocycles. The number of morpholine rings is 1. The second-order valence-corrected chi connectivity index (χ2v) is 3.26. The van der Waals surface area contributed by atoms with Gasteiger partial charge in [-0.3, -0.25) is 0 Å². The number of pyridine rings is 1. The molecule has 80 valence electrons. The summed E-state index contributed by atoms with van der Waals surface area (Å²) in [7, 11) is 0. The fraction of sp³-hybridized carbons (Fsp3) is 0.400. The third-order valence-electron chi connectivity index (χ3n) is 2.28. The summed E-state index contributed by atoms with van der Waals surface area (Å²) in [5.74, 6) is 0.899. The van der Waals surface area contributed by atoms with E-state index in [-0.39, 0.29) is 0 Å². The Hall–Kier alpha value is -1.62. The van der Waals surface area contributed by atoms with Gasteiger partial charge in [-0.1, -0.05) is 11.2 Å². The Kier molecular flexibility index (Phi) is 3.14. The molecule has 2 heterocycles. The third-order valence-corrected chi connectivity index (χ3v) is 2.28. The lowest BCUT2D eigenvalue weighted by molar-refractivity contribution is 0.122. The minimum absolute atomic E-state index is 0.654. The van der Waals surface area contributed by atoms with Crippen LogP contribution in [0.3, 0.4) is 0 Å². The van der Waals surface area contributed by atoms with Gasteiger partial charge in [0.2, 0.25) is 0 Å². The van der Waals surface area contributed by atoms with Gasteiger partial charge < -0.3 is 14.8 Å². The normalized spacial score (nSPS) is 17.2. The molecule has 0 atom stereocenters. The van der Waals surface area contributed by atoms with Crippen LogP contribution < -0.4 is 4.90 Å². The van der Waals surface area contributed by atoms with Crippen molar-refractivity contribution in [3.63, 3.8) is 0 Å². The molecule has 1 saturated heterocycles. The van der Waals surface area contributed by atoms with Crippen LogP contribution in [0.1, 0.15) is 5.69 Å². The van der Waals surface area contributed by atoms with Crippen LogP contribution in [0.4, 0.5) is 5.82 Å². The van der Waals surface area contributed by atoms with E-state index in [2.05, 4.69) is 15.0 Å². The zero-order valence-electron chi connectivity index (χ0n) is 8.33. The molecule has 1 N–H and O–H groups in total. The fourth-order valence-electron chi connectivity index (χ4n) is 1.54. The number of aromatic nitrogens is 1. The quantitative estimate of drug-likeness (QED) is 0.441. The summed E-state index contributed by atoms with van der Waals surface area (Å²) in [5.41, 5.74) is 0.654. The predicted octanol–water partition coefficient (Wildman–Crippen LogP) is 0.726. The summed E-state index contributed by atoms with van der Waals surface area (Å²) < 4.78 is 5.26. The monoisotopic (exact) mass is 207 g/mol. The first-order valence-electron chi connectivity index (χ1n) is 4.87. The summed E-state index contributed by atoms with van der Waals surface area (Å²) in [6, 6.07) is 5.64. The fourth-order valence-corrected chi connectivity index (χ4v) is 1.54. The van der Waals surface area contributed by atoms with Crippen molar-refractivity contribution in [3.05, 3.63) is 23.9 Å². The first kappa shape index (κ1) is 9.92. The maximum absolute atomic E-state index is 8.42. The van der Waals surface area contributed by atoms with Crippen molar-refractivity contribution in [2.24, 2.45) is 5.16 Å². The van der Waals surface area contributed by atoms with E-state index in [0.717, 1.165) is 32.1 Å². The van der Waals surface area contributed by atoms with Crippen molar-refractivity contribution in [3.8, 4) is 0 Å². The van der Waals surface area contributed by atoms with Crippen LogP contribution in [0.5, 0.6) is 0 Å². The number of anilines is 1. The summed E-state index contributed by atoms with van der Waals surface area (Å²) >= 11 is 0. The van der Waals surface area contributed by atoms with E-state index < -0.39 is 0 Å². The van der Waals surface area contributed by atoms with Crippen molar-refractivity contribution < 1.29 is 9.94 Å². The van der Waals surface area contributed by atoms with Gasteiger partial charge in [-0.2, -0.15) is 0 Å². The molecule has 15 heavy (non-hydrogen) atoms. The van der Waals surface area contributed by atoms with E-state index in [4.69, 9.17) is 9.94 Å². The highest BCUT2D eigenvalue weighted by molar-refractivity contribution is 5.77. The van der Waals surface area contributed by atoms with Gasteiger partial charge in [-0.15, -0.1) is 0 Å². The Morgan fingerprint density at radius 2 is 2.20 bits per heavy atom. The van der Waals surface area contributed by atoms with Crippen LogP contribution in [0.25, 0.3) is 0 Å². The van der Waals surface area contributed by atoms with Crippen LogP contribution in [0, 0.1) is 0 Å². The molecule has 5 heteroatoms. The Balaban J connectivity index is 2.15. The molecule has 0 unspecified atom stereocenters. The van der Waals surface area contributed by atoms with Gasteiger partial charge in [-0.25, -0.2) is 4.98 Å². The molecule has 5 nitrogen and oxygen atoms in total. The van der Waals surface area contributed by atoms with Crippen molar-refractivity contribution in [2.45, 2.75) is 0 Å². The van der Waals surface area contributed by atoms with Gasteiger partial charge in [-0.05, 0) is 12.1 Å². The van der Waals surface area contributed by atoms with E-state index in [1.54, 1.807) is 6.07 Å². The second kappa shape index (κ2) is 4.75. The highest BCUT2D eigenvalue weighted by Crippen LogP contribution is 2.12. The van der Waals surface area contributed by atoms with Gasteiger partial charge in [0.05, 0.1) is 25.1 Å². The Morgan fingerprint density at radius 3 is 2.93 bits per heavy atom. The molecular formula is C10H13N3O2. The summed E-state index contributed by atoms with van der Waals surface area (Å²) in [4.78, 5) is 6.50. The van der Waals surface area contributed by atoms with Crippen molar-refractivity contribution in [1.82, 2.24) is 4.98 Å². The summed E-state index contributed by atoms with van der Waals surface area (Å²) in [5, 5.41) is 11.4. The van der Waals surface area contributed by atoms with Crippen molar-refractivity contribution >= 4 is 12.0 Å². The van der Waals surface area contributed by atoms with Crippen LogP contribution in [0.2, 0.25) is 0 Å². The average Bonchev–Trinajstić information content (AvgIpc) is 2.31. The highest BCUT2D eigenvalue weighted by Gasteiger charge is 2.11. The third kappa shape index (κ3) is 2.44. The van der Waals surface area contributed by atoms with E-state index >= 15 is 0 Å². The molecule has 1 aliphatic heterocycles. The van der Waals surface area contributed by atoms with Crippen LogP contribution in [-0.2, 0) is 4.74 Å². The molecule has 0 aromatic carbocycles. The van der Waals surface area contributed by atoms with Gasteiger partial charge in [0, 0.05) is 13.1 Å². The number of hydrogen-bond acceptors (Lipinski definition) is 5. The summed E-state index contributed by atoms with van der Waals surface area (Å²) in [6.45, 7) is 3.18. The molecule has 2 rings (SSSR count). The van der Waals surface area contributed by atoms with Gasteiger partial charge in [0.1, 0.15) is 5.82 Å². The molecule has 0 amide bonds. The maximum Gasteiger partial charge on any atom is 0.129 e. The second-order valence-electron chi connectivity index (χ2n) is 3.26. The van der Waals surface area contributed by atoms with Crippen molar-refractivity contribution in [1.29, 1.82) is 0 Å². The van der Waals surface area contributed by atoms with Crippen LogP contribution >= 0.6 is 0 Å². The minimum atomic E-state index is 0.654. The molecule has 1 aliphatic rings. The van der Waals surface area contributed by atoms with Crippen molar-refractivity contribution in [2.75, 3.05) is 31.2 Å². The first-order valence-corrected chi connectivity index (χ1v) is 4.87. The molecule has 0 aliphatic carbocycles. The lowest BCUT2D eigenvalue weighted by Crippen LogP contribution is -2.36. The highest BCUT2D eigenvalue weighted by atomic mass is 16.5. The van der Waals surface area contributed by atoms with Gasteiger partial charge >= 0.3 is 0 Å². The average molecular weight is 207 g/mol. The molecule has 1 aromatic rings. The molecule has 1 fully saturated rings. The van der Waals surface area contributed by atoms with E-state index in [9.17, 15) is 0 Å². The maximum atomic E-state index is 8.42. The number of hydrogen-bond donors (Lipinski definition) is 1.